The minimum absolute atomic E-state index is 0.0140. The Labute approximate surface area is 101 Å². The molecule has 1 aliphatic heterocycles. The normalized spacial score (nSPS) is 20.1. The predicted molar refractivity (Wildman–Crippen MR) is 66.3 cm³/mol. The van der Waals surface area contributed by atoms with Gasteiger partial charge in [-0.05, 0) is 30.9 Å². The molecule has 2 rings (SSSR count). The number of rotatable bonds is 2. The van der Waals surface area contributed by atoms with E-state index in [4.69, 9.17) is 5.84 Å². The van der Waals surface area contributed by atoms with Crippen molar-refractivity contribution in [3.8, 4) is 0 Å². The summed E-state index contributed by atoms with van der Waals surface area (Å²) >= 11 is 0. The van der Waals surface area contributed by atoms with Crippen molar-refractivity contribution >= 4 is 11.6 Å². The van der Waals surface area contributed by atoms with Gasteiger partial charge in [0.2, 0.25) is 0 Å². The van der Waals surface area contributed by atoms with Crippen molar-refractivity contribution in [3.63, 3.8) is 0 Å². The molecule has 0 spiro atoms. The van der Waals surface area contributed by atoms with E-state index in [1.165, 1.54) is 6.42 Å². The summed E-state index contributed by atoms with van der Waals surface area (Å²) in [6.07, 6.45) is 3.85. The molecule has 0 aliphatic carbocycles. The number of nitrogens with two attached hydrogens (primary N) is 1. The van der Waals surface area contributed by atoms with Gasteiger partial charge in [0.25, 0.3) is 5.91 Å². The van der Waals surface area contributed by atoms with Crippen LogP contribution in [0.25, 0.3) is 0 Å². The number of carbonyl (C=O) groups is 1. The number of nitrogens with one attached hydrogen (secondary N) is 1. The molecule has 0 bridgehead atoms. The molecule has 92 valence electrons. The van der Waals surface area contributed by atoms with Gasteiger partial charge in [0.15, 0.2) is 0 Å². The number of nitrogen functional groups attached to an aromatic ring is 1. The summed E-state index contributed by atoms with van der Waals surface area (Å²) < 4.78 is 0. The second-order valence-electron chi connectivity index (χ2n) is 4.58. The highest BCUT2D eigenvalue weighted by atomic mass is 16.2. The Balaban J connectivity index is 2.07. The van der Waals surface area contributed by atoms with Gasteiger partial charge in [-0.15, -0.1) is 0 Å². The first-order valence-corrected chi connectivity index (χ1v) is 5.92. The Hall–Kier alpha value is -1.62. The third kappa shape index (κ3) is 2.74. The molecular formula is C12H18N4O. The van der Waals surface area contributed by atoms with Crippen LogP contribution >= 0.6 is 0 Å². The first-order valence-electron chi connectivity index (χ1n) is 5.92. The minimum atomic E-state index is 0.0140. The fraction of sp³-hybridized carbons (Fsp3) is 0.500. The van der Waals surface area contributed by atoms with Crippen LogP contribution in [0.15, 0.2) is 18.3 Å². The maximum atomic E-state index is 12.2. The lowest BCUT2D eigenvalue weighted by molar-refractivity contribution is 0.0677. The van der Waals surface area contributed by atoms with E-state index in [9.17, 15) is 4.79 Å². The highest BCUT2D eigenvalue weighted by Crippen LogP contribution is 2.17. The maximum absolute atomic E-state index is 12.2. The average Bonchev–Trinajstić information content (AvgIpc) is 2.38. The number of carbonyl (C=O) groups excluding carboxylic acids is 1. The minimum Gasteiger partial charge on any atom is -0.337 e. The van der Waals surface area contributed by atoms with E-state index >= 15 is 0 Å². The number of hydrogen-bond donors (Lipinski definition) is 2. The second-order valence-corrected chi connectivity index (χ2v) is 4.58. The van der Waals surface area contributed by atoms with Crippen LogP contribution in [0.2, 0.25) is 0 Å². The molecule has 1 unspecified atom stereocenters. The summed E-state index contributed by atoms with van der Waals surface area (Å²) in [4.78, 5) is 18.2. The molecule has 1 aliphatic rings. The first kappa shape index (κ1) is 11.9. The molecule has 3 N–H and O–H groups in total. The zero-order valence-electron chi connectivity index (χ0n) is 10.0. The lowest BCUT2D eigenvalue weighted by atomic mass is 10.00. The van der Waals surface area contributed by atoms with Gasteiger partial charge in [0.1, 0.15) is 5.69 Å². The van der Waals surface area contributed by atoms with Crippen LogP contribution in [0.3, 0.4) is 0 Å². The molecule has 1 amide bonds. The fourth-order valence-corrected chi connectivity index (χ4v) is 2.14. The molecule has 1 atom stereocenters. The maximum Gasteiger partial charge on any atom is 0.272 e. The van der Waals surface area contributed by atoms with Gasteiger partial charge in [0.05, 0.1) is 11.9 Å². The predicted octanol–water partition coefficient (Wildman–Crippen LogP) is 1.24. The Morgan fingerprint density at radius 3 is 3.00 bits per heavy atom. The van der Waals surface area contributed by atoms with Gasteiger partial charge in [-0.2, -0.15) is 0 Å². The Kier molecular flexibility index (Phi) is 3.58. The van der Waals surface area contributed by atoms with Gasteiger partial charge in [0, 0.05) is 13.1 Å². The third-order valence-electron chi connectivity index (χ3n) is 3.09. The average molecular weight is 234 g/mol. The summed E-state index contributed by atoms with van der Waals surface area (Å²) in [5.41, 5.74) is 3.68. The lowest BCUT2D eigenvalue weighted by Crippen LogP contribution is -2.39. The molecule has 0 saturated carbocycles. The quantitative estimate of drug-likeness (QED) is 0.596. The van der Waals surface area contributed by atoms with Crippen LogP contribution in [0, 0.1) is 5.92 Å². The molecule has 5 nitrogen and oxygen atoms in total. The van der Waals surface area contributed by atoms with Crippen LogP contribution in [0.4, 0.5) is 5.69 Å². The van der Waals surface area contributed by atoms with Crippen LogP contribution < -0.4 is 11.3 Å². The molecule has 1 aromatic heterocycles. The first-order chi connectivity index (χ1) is 8.20. The SMILES string of the molecule is CC1CCCN(C(=O)c2ccc(NN)cn2)C1. The van der Waals surface area contributed by atoms with Crippen molar-refractivity contribution in [2.24, 2.45) is 11.8 Å². The van der Waals surface area contributed by atoms with Crippen molar-refractivity contribution in [1.29, 1.82) is 0 Å². The molecule has 2 heterocycles. The van der Waals surface area contributed by atoms with Gasteiger partial charge < -0.3 is 10.3 Å². The standard InChI is InChI=1S/C12H18N4O/c1-9-3-2-6-16(8-9)12(17)11-5-4-10(15-13)7-14-11/h4-5,7,9,15H,2-3,6,8,13H2,1H3. The number of amides is 1. The number of hydrogen-bond acceptors (Lipinski definition) is 4. The van der Waals surface area contributed by atoms with Crippen molar-refractivity contribution in [3.05, 3.63) is 24.0 Å². The largest absolute Gasteiger partial charge is 0.337 e. The molecule has 1 fully saturated rings. The molecule has 5 heteroatoms. The summed E-state index contributed by atoms with van der Waals surface area (Å²) in [6, 6.07) is 3.46. The Bertz CT molecular complexity index is 390. The van der Waals surface area contributed by atoms with E-state index in [0.717, 1.165) is 19.5 Å². The molecule has 0 aromatic carbocycles. The number of nitrogens with zero attached hydrogens (tertiary/aromatic N) is 2. The number of pyridine rings is 1. The van der Waals surface area contributed by atoms with E-state index in [0.29, 0.717) is 17.3 Å². The molecule has 1 aromatic rings. The van der Waals surface area contributed by atoms with Crippen LogP contribution in [0.1, 0.15) is 30.3 Å². The topological polar surface area (TPSA) is 71.2 Å². The zero-order valence-corrected chi connectivity index (χ0v) is 10.0. The Morgan fingerprint density at radius 1 is 1.59 bits per heavy atom. The third-order valence-corrected chi connectivity index (χ3v) is 3.09. The second kappa shape index (κ2) is 5.14. The van der Waals surface area contributed by atoms with Gasteiger partial charge in [-0.3, -0.25) is 10.6 Å². The van der Waals surface area contributed by atoms with E-state index < -0.39 is 0 Å². The zero-order chi connectivity index (χ0) is 12.3. The van der Waals surface area contributed by atoms with Crippen molar-refractivity contribution < 1.29 is 4.79 Å². The number of aromatic nitrogens is 1. The summed E-state index contributed by atoms with van der Waals surface area (Å²) in [7, 11) is 0. The van der Waals surface area contributed by atoms with E-state index in [1.807, 2.05) is 4.90 Å². The number of hydrazine groups is 1. The molecule has 1 saturated heterocycles. The summed E-state index contributed by atoms with van der Waals surface area (Å²) in [6.45, 7) is 3.84. The van der Waals surface area contributed by atoms with Gasteiger partial charge in [-0.1, -0.05) is 6.92 Å². The van der Waals surface area contributed by atoms with Crippen molar-refractivity contribution in [2.75, 3.05) is 18.5 Å². The van der Waals surface area contributed by atoms with Crippen LogP contribution in [-0.4, -0.2) is 28.9 Å². The fourth-order valence-electron chi connectivity index (χ4n) is 2.14. The number of piperidine rings is 1. The van der Waals surface area contributed by atoms with Crippen LogP contribution in [-0.2, 0) is 0 Å². The van der Waals surface area contributed by atoms with Crippen LogP contribution in [0.5, 0.6) is 0 Å². The van der Waals surface area contributed by atoms with E-state index in [2.05, 4.69) is 17.3 Å². The van der Waals surface area contributed by atoms with Crippen molar-refractivity contribution in [1.82, 2.24) is 9.88 Å². The monoisotopic (exact) mass is 234 g/mol. The molecular weight excluding hydrogens is 216 g/mol. The number of anilines is 1. The lowest BCUT2D eigenvalue weighted by Gasteiger charge is -2.30. The summed E-state index contributed by atoms with van der Waals surface area (Å²) in [5.74, 6) is 5.85. The Morgan fingerprint density at radius 2 is 2.41 bits per heavy atom. The van der Waals surface area contributed by atoms with E-state index in [-0.39, 0.29) is 5.91 Å². The molecule has 0 radical (unpaired) electrons. The summed E-state index contributed by atoms with van der Waals surface area (Å²) in [5, 5.41) is 0. The van der Waals surface area contributed by atoms with Crippen molar-refractivity contribution in [2.45, 2.75) is 19.8 Å². The van der Waals surface area contributed by atoms with E-state index in [1.54, 1.807) is 18.3 Å². The highest BCUT2D eigenvalue weighted by Gasteiger charge is 2.22. The smallest absolute Gasteiger partial charge is 0.272 e. The molecule has 17 heavy (non-hydrogen) atoms. The van der Waals surface area contributed by atoms with Gasteiger partial charge in [-0.25, -0.2) is 4.98 Å². The number of likely N-dealkylation sites (tertiary alicyclic amines) is 1. The van der Waals surface area contributed by atoms with Gasteiger partial charge >= 0.3 is 0 Å². The highest BCUT2D eigenvalue weighted by molar-refractivity contribution is 5.92.